The minimum absolute atomic E-state index is 0.0279. The van der Waals surface area contributed by atoms with Crippen LogP contribution in [0.5, 0.6) is 0 Å². The zero-order valence-corrected chi connectivity index (χ0v) is 19.5. The van der Waals surface area contributed by atoms with E-state index in [1.807, 2.05) is 26.0 Å². The SMILES string of the molecule is CC(C)NC(=O)c1ccc(Nc2ncc(F)c(-c3ccc4nc(N5CCCC5)ncc4c3)n2)nc1. The van der Waals surface area contributed by atoms with Crippen LogP contribution >= 0.6 is 0 Å². The highest BCUT2D eigenvalue weighted by Crippen LogP contribution is 2.27. The van der Waals surface area contributed by atoms with Gasteiger partial charge in [0, 0.05) is 42.5 Å². The van der Waals surface area contributed by atoms with E-state index in [1.54, 1.807) is 24.4 Å². The van der Waals surface area contributed by atoms with Crippen molar-refractivity contribution in [3.63, 3.8) is 0 Å². The highest BCUT2D eigenvalue weighted by molar-refractivity contribution is 5.94. The second kappa shape index (κ2) is 9.57. The molecule has 9 nitrogen and oxygen atoms in total. The number of hydrogen-bond donors (Lipinski definition) is 2. The van der Waals surface area contributed by atoms with E-state index < -0.39 is 5.82 Å². The number of rotatable bonds is 6. The third kappa shape index (κ3) is 5.01. The number of amides is 1. The van der Waals surface area contributed by atoms with Crippen LogP contribution in [0.15, 0.2) is 48.9 Å². The fourth-order valence-electron chi connectivity index (χ4n) is 3.93. The van der Waals surface area contributed by atoms with Crippen LogP contribution in [0.2, 0.25) is 0 Å². The van der Waals surface area contributed by atoms with Gasteiger partial charge in [-0.1, -0.05) is 6.07 Å². The summed E-state index contributed by atoms with van der Waals surface area (Å²) in [5, 5.41) is 6.58. The summed E-state index contributed by atoms with van der Waals surface area (Å²) in [6.45, 7) is 5.71. The monoisotopic (exact) mass is 472 g/mol. The third-order valence-electron chi connectivity index (χ3n) is 5.66. The van der Waals surface area contributed by atoms with E-state index in [-0.39, 0.29) is 23.6 Å². The van der Waals surface area contributed by atoms with Crippen molar-refractivity contribution in [3.8, 4) is 11.3 Å². The fourth-order valence-corrected chi connectivity index (χ4v) is 3.93. The van der Waals surface area contributed by atoms with E-state index >= 15 is 0 Å². The molecule has 10 heteroatoms. The molecule has 0 aliphatic carbocycles. The summed E-state index contributed by atoms with van der Waals surface area (Å²) < 4.78 is 14.7. The van der Waals surface area contributed by atoms with Crippen LogP contribution in [0, 0.1) is 5.82 Å². The molecule has 1 amide bonds. The molecule has 0 radical (unpaired) electrons. The first-order chi connectivity index (χ1) is 17.0. The van der Waals surface area contributed by atoms with E-state index in [1.165, 1.54) is 6.20 Å². The lowest BCUT2D eigenvalue weighted by Crippen LogP contribution is -2.30. The number of halogens is 1. The van der Waals surface area contributed by atoms with Gasteiger partial charge in [-0.3, -0.25) is 4.79 Å². The van der Waals surface area contributed by atoms with E-state index in [0.717, 1.165) is 49.0 Å². The Hall–Kier alpha value is -4.21. The van der Waals surface area contributed by atoms with Gasteiger partial charge in [0.2, 0.25) is 11.9 Å². The number of carbonyl (C=O) groups is 1. The van der Waals surface area contributed by atoms with Gasteiger partial charge < -0.3 is 15.5 Å². The Balaban J connectivity index is 1.37. The van der Waals surface area contributed by atoms with Crippen molar-refractivity contribution in [1.29, 1.82) is 0 Å². The molecule has 2 N–H and O–H groups in total. The van der Waals surface area contributed by atoms with Crippen molar-refractivity contribution >= 4 is 34.5 Å². The summed E-state index contributed by atoms with van der Waals surface area (Å²) in [5.74, 6) is 0.604. The summed E-state index contributed by atoms with van der Waals surface area (Å²) >= 11 is 0. The molecule has 1 aliphatic heterocycles. The molecule has 4 aromatic rings. The number of carbonyl (C=O) groups excluding carboxylic acids is 1. The maximum Gasteiger partial charge on any atom is 0.253 e. The normalized spacial score (nSPS) is 13.4. The summed E-state index contributed by atoms with van der Waals surface area (Å²) in [4.78, 5) is 36.0. The number of nitrogens with one attached hydrogen (secondary N) is 2. The number of nitrogens with zero attached hydrogens (tertiary/aromatic N) is 6. The highest BCUT2D eigenvalue weighted by atomic mass is 19.1. The quantitative estimate of drug-likeness (QED) is 0.432. The molecular formula is C25H25FN8O. The third-order valence-corrected chi connectivity index (χ3v) is 5.66. The predicted octanol–water partition coefficient (Wildman–Crippen LogP) is 4.10. The Morgan fingerprint density at radius 1 is 1.00 bits per heavy atom. The van der Waals surface area contributed by atoms with Crippen LogP contribution in [0.1, 0.15) is 37.0 Å². The summed E-state index contributed by atoms with van der Waals surface area (Å²) in [6, 6.07) is 8.78. The topological polar surface area (TPSA) is 109 Å². The summed E-state index contributed by atoms with van der Waals surface area (Å²) in [6.07, 6.45) is 6.64. The summed E-state index contributed by atoms with van der Waals surface area (Å²) in [5.41, 5.74) is 1.98. The van der Waals surface area contributed by atoms with Gasteiger partial charge in [0.15, 0.2) is 5.82 Å². The number of hydrogen-bond acceptors (Lipinski definition) is 8. The van der Waals surface area contributed by atoms with Crippen LogP contribution < -0.4 is 15.5 Å². The highest BCUT2D eigenvalue weighted by Gasteiger charge is 2.16. The lowest BCUT2D eigenvalue weighted by molar-refractivity contribution is 0.0943. The van der Waals surface area contributed by atoms with Gasteiger partial charge >= 0.3 is 0 Å². The molecule has 1 saturated heterocycles. The Morgan fingerprint density at radius 3 is 2.57 bits per heavy atom. The van der Waals surface area contributed by atoms with Crippen molar-refractivity contribution < 1.29 is 9.18 Å². The van der Waals surface area contributed by atoms with E-state index in [2.05, 4.69) is 40.5 Å². The van der Waals surface area contributed by atoms with Crippen molar-refractivity contribution in [2.75, 3.05) is 23.3 Å². The molecule has 0 spiro atoms. The average molecular weight is 473 g/mol. The Labute approximate surface area is 201 Å². The number of fused-ring (bicyclic) bond motifs is 1. The van der Waals surface area contributed by atoms with Gasteiger partial charge in [0.1, 0.15) is 11.5 Å². The molecule has 0 saturated carbocycles. The van der Waals surface area contributed by atoms with Gasteiger partial charge in [-0.25, -0.2) is 29.3 Å². The largest absolute Gasteiger partial charge is 0.350 e. The molecule has 0 bridgehead atoms. The van der Waals surface area contributed by atoms with E-state index in [9.17, 15) is 9.18 Å². The molecule has 5 rings (SSSR count). The second-order valence-electron chi connectivity index (χ2n) is 8.71. The molecule has 178 valence electrons. The maximum absolute atomic E-state index is 14.7. The maximum atomic E-state index is 14.7. The number of pyridine rings is 1. The van der Waals surface area contributed by atoms with Gasteiger partial charge in [0.05, 0.1) is 17.3 Å². The fraction of sp³-hybridized carbons (Fsp3) is 0.280. The zero-order valence-electron chi connectivity index (χ0n) is 19.5. The van der Waals surface area contributed by atoms with E-state index in [0.29, 0.717) is 16.9 Å². The molecule has 1 aromatic carbocycles. The lowest BCUT2D eigenvalue weighted by atomic mass is 10.1. The van der Waals surface area contributed by atoms with Crippen molar-refractivity contribution in [3.05, 3.63) is 60.3 Å². The number of benzene rings is 1. The molecule has 35 heavy (non-hydrogen) atoms. The van der Waals surface area contributed by atoms with Crippen LogP contribution in [-0.2, 0) is 0 Å². The number of anilines is 3. The van der Waals surface area contributed by atoms with Gasteiger partial charge in [0.25, 0.3) is 5.91 Å². The number of aromatic nitrogens is 5. The lowest BCUT2D eigenvalue weighted by Gasteiger charge is -2.15. The minimum Gasteiger partial charge on any atom is -0.350 e. The van der Waals surface area contributed by atoms with Crippen LogP contribution in [0.4, 0.5) is 22.1 Å². The van der Waals surface area contributed by atoms with Crippen LogP contribution in [0.25, 0.3) is 22.2 Å². The zero-order chi connectivity index (χ0) is 24.4. The molecule has 3 aromatic heterocycles. The Bertz CT molecular complexity index is 1370. The summed E-state index contributed by atoms with van der Waals surface area (Å²) in [7, 11) is 0. The van der Waals surface area contributed by atoms with Crippen LogP contribution in [0.3, 0.4) is 0 Å². The second-order valence-corrected chi connectivity index (χ2v) is 8.71. The molecule has 0 unspecified atom stereocenters. The molecular weight excluding hydrogens is 447 g/mol. The van der Waals surface area contributed by atoms with Gasteiger partial charge in [-0.2, -0.15) is 0 Å². The molecule has 0 atom stereocenters. The predicted molar refractivity (Wildman–Crippen MR) is 132 cm³/mol. The first-order valence-electron chi connectivity index (χ1n) is 11.5. The molecule has 4 heterocycles. The standard InChI is InChI=1S/C25H25FN8O/c1-15(2)30-23(35)17-6-8-21(27-12-17)32-24-28-14-19(26)22(33-24)16-5-7-20-18(11-16)13-29-25(31-20)34-9-3-4-10-34/h5-8,11-15H,3-4,9-10H2,1-2H3,(H,30,35)(H,27,28,32,33). The van der Waals surface area contributed by atoms with Crippen molar-refractivity contribution in [2.45, 2.75) is 32.7 Å². The molecule has 1 fully saturated rings. The first-order valence-corrected chi connectivity index (χ1v) is 11.5. The van der Waals surface area contributed by atoms with E-state index in [4.69, 9.17) is 0 Å². The Morgan fingerprint density at radius 2 is 1.83 bits per heavy atom. The molecule has 1 aliphatic rings. The van der Waals surface area contributed by atoms with Gasteiger partial charge in [-0.05, 0) is 51.0 Å². The van der Waals surface area contributed by atoms with Gasteiger partial charge in [-0.15, -0.1) is 0 Å². The first kappa shape index (κ1) is 22.6. The smallest absolute Gasteiger partial charge is 0.253 e. The minimum atomic E-state index is -0.543. The van der Waals surface area contributed by atoms with Crippen LogP contribution in [-0.4, -0.2) is 50.0 Å². The average Bonchev–Trinajstić information content (AvgIpc) is 3.40. The Kier molecular flexibility index (Phi) is 6.17. The van der Waals surface area contributed by atoms with Crippen molar-refractivity contribution in [1.82, 2.24) is 30.2 Å². The van der Waals surface area contributed by atoms with Crippen molar-refractivity contribution in [2.24, 2.45) is 0 Å².